The van der Waals surface area contributed by atoms with Gasteiger partial charge in [0.2, 0.25) is 0 Å². The number of carbonyl (C=O) groups is 2. The van der Waals surface area contributed by atoms with Crippen LogP contribution in [-0.2, 0) is 33.3 Å². The van der Waals surface area contributed by atoms with Crippen molar-refractivity contribution in [3.63, 3.8) is 0 Å². The molecule has 12 nitrogen and oxygen atoms in total. The summed E-state index contributed by atoms with van der Waals surface area (Å²) in [4.78, 5) is 24.4. The number of esters is 2. The molecule has 10 unspecified atom stereocenters. The lowest BCUT2D eigenvalue weighted by Crippen LogP contribution is -2.64. The summed E-state index contributed by atoms with van der Waals surface area (Å²) in [5.74, 6) is -0.876. The Kier molecular flexibility index (Phi) is 9.41. The van der Waals surface area contributed by atoms with Crippen molar-refractivity contribution in [3.05, 3.63) is 35.9 Å². The van der Waals surface area contributed by atoms with Gasteiger partial charge in [-0.15, -0.1) is 0 Å². The Labute approximate surface area is 207 Å². The molecule has 2 saturated heterocycles. The Bertz CT molecular complexity index is 918. The molecule has 1 aromatic rings. The minimum atomic E-state index is -1.69. The summed E-state index contributed by atoms with van der Waals surface area (Å²) < 4.78 is 32.4. The normalized spacial score (nSPS) is 36.9. The molecule has 10 atom stereocenters. The van der Waals surface area contributed by atoms with Crippen molar-refractivity contribution in [2.24, 2.45) is 0 Å². The summed E-state index contributed by atoms with van der Waals surface area (Å²) in [5, 5.41) is 40.8. The number of aliphatic hydroxyl groups is 4. The zero-order chi connectivity index (χ0) is 26.6. The molecule has 0 bridgehead atoms. The molecule has 36 heavy (non-hydrogen) atoms. The van der Waals surface area contributed by atoms with Gasteiger partial charge in [-0.1, -0.05) is 12.1 Å². The van der Waals surface area contributed by atoms with Crippen LogP contribution in [-0.4, -0.2) is 101 Å². The van der Waals surface area contributed by atoms with Gasteiger partial charge in [-0.25, -0.2) is 4.79 Å². The molecule has 4 N–H and O–H groups in total. The average Bonchev–Trinajstić information content (AvgIpc) is 2.84. The van der Waals surface area contributed by atoms with E-state index in [9.17, 15) is 30.0 Å². The lowest BCUT2D eigenvalue weighted by atomic mass is 9.97. The third kappa shape index (κ3) is 6.59. The van der Waals surface area contributed by atoms with Crippen LogP contribution in [0.1, 0.15) is 26.3 Å². The van der Waals surface area contributed by atoms with Crippen molar-refractivity contribution in [2.75, 3.05) is 7.11 Å². The number of hydrogen-bond donors (Lipinski definition) is 4. The molecule has 3 rings (SSSR count). The van der Waals surface area contributed by atoms with Crippen molar-refractivity contribution in [1.82, 2.24) is 0 Å². The highest BCUT2D eigenvalue weighted by Gasteiger charge is 2.52. The molecule has 0 aromatic heterocycles. The van der Waals surface area contributed by atoms with Crippen molar-refractivity contribution in [2.45, 2.75) is 82.2 Å². The largest absolute Gasteiger partial charge is 0.497 e. The number of aliphatic hydroxyl groups excluding tert-OH is 4. The maximum atomic E-state index is 12.6. The smallest absolute Gasteiger partial charge is 0.331 e. The van der Waals surface area contributed by atoms with E-state index in [2.05, 4.69) is 0 Å². The van der Waals surface area contributed by atoms with Crippen molar-refractivity contribution in [1.29, 1.82) is 0 Å². The summed E-state index contributed by atoms with van der Waals surface area (Å²) in [6.45, 7) is 4.09. The van der Waals surface area contributed by atoms with E-state index >= 15 is 0 Å². The first-order valence-corrected chi connectivity index (χ1v) is 11.4. The Morgan fingerprint density at radius 2 is 1.53 bits per heavy atom. The monoisotopic (exact) mass is 512 g/mol. The molecule has 1 aromatic carbocycles. The molecule has 2 aliphatic rings. The Morgan fingerprint density at radius 3 is 2.14 bits per heavy atom. The van der Waals surface area contributed by atoms with Gasteiger partial charge < -0.3 is 48.8 Å². The van der Waals surface area contributed by atoms with Gasteiger partial charge in [-0.05, 0) is 37.6 Å². The van der Waals surface area contributed by atoms with Gasteiger partial charge in [-0.2, -0.15) is 0 Å². The number of benzene rings is 1. The predicted molar refractivity (Wildman–Crippen MR) is 121 cm³/mol. The summed E-state index contributed by atoms with van der Waals surface area (Å²) >= 11 is 0. The van der Waals surface area contributed by atoms with Crippen molar-refractivity contribution >= 4 is 18.0 Å². The number of rotatable bonds is 7. The summed E-state index contributed by atoms with van der Waals surface area (Å²) in [6, 6.07) is 6.92. The Hall–Kier alpha value is -2.58. The molecule has 2 aliphatic heterocycles. The van der Waals surface area contributed by atoms with Gasteiger partial charge in [0.1, 0.15) is 24.1 Å². The molecule has 0 radical (unpaired) electrons. The SMILES string of the molecule is COc1ccc(/C=C\C(=O)OC2C(C)OC(O)C(OC3OC(C)C(O)C(O)C3O)C2OC(C)=O)cc1. The zero-order valence-corrected chi connectivity index (χ0v) is 20.3. The van der Waals surface area contributed by atoms with E-state index < -0.39 is 73.4 Å². The topological polar surface area (TPSA) is 170 Å². The van der Waals surface area contributed by atoms with E-state index in [1.165, 1.54) is 33.1 Å². The summed E-state index contributed by atoms with van der Waals surface area (Å²) in [6.07, 6.45) is -11.0. The van der Waals surface area contributed by atoms with Crippen LogP contribution in [0.15, 0.2) is 30.3 Å². The van der Waals surface area contributed by atoms with Crippen LogP contribution in [0, 0.1) is 0 Å². The molecule has 2 fully saturated rings. The van der Waals surface area contributed by atoms with Gasteiger partial charge >= 0.3 is 11.9 Å². The molecule has 12 heteroatoms. The van der Waals surface area contributed by atoms with Gasteiger partial charge in [0.15, 0.2) is 30.9 Å². The van der Waals surface area contributed by atoms with Crippen LogP contribution in [0.5, 0.6) is 5.75 Å². The van der Waals surface area contributed by atoms with Crippen LogP contribution >= 0.6 is 0 Å². The molecule has 0 spiro atoms. The van der Waals surface area contributed by atoms with Gasteiger partial charge in [-0.3, -0.25) is 4.79 Å². The highest BCUT2D eigenvalue weighted by molar-refractivity contribution is 5.87. The molecule has 0 aliphatic carbocycles. The number of methoxy groups -OCH3 is 1. The number of carbonyl (C=O) groups excluding carboxylic acids is 2. The van der Waals surface area contributed by atoms with E-state index in [0.29, 0.717) is 11.3 Å². The maximum Gasteiger partial charge on any atom is 0.331 e. The predicted octanol–water partition coefficient (Wildman–Crippen LogP) is -0.498. The maximum absolute atomic E-state index is 12.6. The van der Waals surface area contributed by atoms with Crippen molar-refractivity contribution < 1.29 is 58.4 Å². The lowest BCUT2D eigenvalue weighted by molar-refractivity contribution is -0.356. The fourth-order valence-corrected chi connectivity index (χ4v) is 3.96. The van der Waals surface area contributed by atoms with E-state index in [4.69, 9.17) is 28.4 Å². The molecule has 0 amide bonds. The van der Waals surface area contributed by atoms with Crippen molar-refractivity contribution in [3.8, 4) is 5.75 Å². The van der Waals surface area contributed by atoms with Gasteiger partial charge in [0, 0.05) is 13.0 Å². The average molecular weight is 513 g/mol. The quantitative estimate of drug-likeness (QED) is 0.273. The van der Waals surface area contributed by atoms with E-state index in [-0.39, 0.29) is 0 Å². The van der Waals surface area contributed by atoms with Gasteiger partial charge in [0.25, 0.3) is 0 Å². The Morgan fingerprint density at radius 1 is 0.861 bits per heavy atom. The minimum Gasteiger partial charge on any atom is -0.497 e. The second-order valence-electron chi connectivity index (χ2n) is 8.60. The van der Waals surface area contributed by atoms with E-state index in [1.54, 1.807) is 24.3 Å². The van der Waals surface area contributed by atoms with Crippen LogP contribution < -0.4 is 4.74 Å². The molecular weight excluding hydrogens is 480 g/mol. The van der Waals surface area contributed by atoms with Crippen LogP contribution in [0.2, 0.25) is 0 Å². The van der Waals surface area contributed by atoms with Gasteiger partial charge in [0.05, 0.1) is 19.3 Å². The zero-order valence-electron chi connectivity index (χ0n) is 20.3. The van der Waals surface area contributed by atoms with Crippen LogP contribution in [0.25, 0.3) is 6.08 Å². The lowest BCUT2D eigenvalue weighted by Gasteiger charge is -2.45. The third-order valence-corrected chi connectivity index (χ3v) is 5.93. The third-order valence-electron chi connectivity index (χ3n) is 5.93. The first-order chi connectivity index (χ1) is 17.0. The highest BCUT2D eigenvalue weighted by atomic mass is 16.7. The summed E-state index contributed by atoms with van der Waals surface area (Å²) in [7, 11) is 1.54. The first kappa shape index (κ1) is 28.0. The second-order valence-corrected chi connectivity index (χ2v) is 8.60. The fourth-order valence-electron chi connectivity index (χ4n) is 3.96. The minimum absolute atomic E-state index is 0.653. The standard InChI is InChI=1S/C24H32O12/c1-11-17(27)18(28)19(29)24(33-11)36-22-21(34-13(3)25)20(12(2)32-23(22)30)35-16(26)10-7-14-5-8-15(31-4)9-6-14/h5-12,17-24,27-30H,1-4H3/b10-7-. The first-order valence-electron chi connectivity index (χ1n) is 11.4. The highest BCUT2D eigenvalue weighted by Crippen LogP contribution is 2.31. The van der Waals surface area contributed by atoms with E-state index in [0.717, 1.165) is 6.92 Å². The number of hydrogen-bond acceptors (Lipinski definition) is 12. The number of ether oxygens (including phenoxy) is 6. The molecular formula is C24H32O12. The second kappa shape index (κ2) is 12.1. The van der Waals surface area contributed by atoms with E-state index in [1.807, 2.05) is 0 Å². The molecule has 200 valence electrons. The molecule has 2 heterocycles. The van der Waals surface area contributed by atoms with Crippen LogP contribution in [0.4, 0.5) is 0 Å². The van der Waals surface area contributed by atoms with Crippen LogP contribution in [0.3, 0.4) is 0 Å². The fraction of sp³-hybridized carbons (Fsp3) is 0.583. The summed E-state index contributed by atoms with van der Waals surface area (Å²) in [5.41, 5.74) is 0.701. The Balaban J connectivity index is 1.76. The molecule has 0 saturated carbocycles.